The zero-order chi connectivity index (χ0) is 14.1. The quantitative estimate of drug-likeness (QED) is 0.664. The molecule has 1 aliphatic rings. The number of rotatable bonds is 8. The van der Waals surface area contributed by atoms with Crippen molar-refractivity contribution in [1.29, 1.82) is 0 Å². The smallest absolute Gasteiger partial charge is 0.236 e. The second-order valence-electron chi connectivity index (χ2n) is 6.02. The normalized spacial score (nSPS) is 25.0. The molecule has 3 unspecified atom stereocenters. The van der Waals surface area contributed by atoms with E-state index >= 15 is 0 Å². The highest BCUT2D eigenvalue weighted by molar-refractivity contribution is 5.81. The lowest BCUT2D eigenvalue weighted by atomic mass is 9.84. The molecule has 0 saturated heterocycles. The van der Waals surface area contributed by atoms with E-state index in [1.54, 1.807) is 0 Å². The summed E-state index contributed by atoms with van der Waals surface area (Å²) >= 11 is 0. The van der Waals surface area contributed by atoms with Crippen molar-refractivity contribution in [3.8, 4) is 0 Å². The third-order valence-electron chi connectivity index (χ3n) is 4.32. The summed E-state index contributed by atoms with van der Waals surface area (Å²) in [5.41, 5.74) is 0. The lowest BCUT2D eigenvalue weighted by molar-refractivity contribution is -0.123. The highest BCUT2D eigenvalue weighted by Gasteiger charge is 2.23. The van der Waals surface area contributed by atoms with Gasteiger partial charge in [0, 0.05) is 12.6 Å². The Morgan fingerprint density at radius 2 is 2.05 bits per heavy atom. The van der Waals surface area contributed by atoms with Gasteiger partial charge in [0.2, 0.25) is 5.91 Å². The van der Waals surface area contributed by atoms with E-state index in [1.165, 1.54) is 44.9 Å². The van der Waals surface area contributed by atoms with Crippen molar-refractivity contribution >= 4 is 5.91 Å². The van der Waals surface area contributed by atoms with Crippen molar-refractivity contribution in [2.75, 3.05) is 6.54 Å². The van der Waals surface area contributed by atoms with Gasteiger partial charge in [0.15, 0.2) is 0 Å². The van der Waals surface area contributed by atoms with E-state index in [0.29, 0.717) is 6.04 Å². The van der Waals surface area contributed by atoms with Crippen LogP contribution in [0.4, 0.5) is 0 Å². The topological polar surface area (TPSA) is 41.1 Å². The number of amides is 1. The molecule has 1 aliphatic carbocycles. The maximum atomic E-state index is 12.0. The molecular formula is C16H32N2O. The summed E-state index contributed by atoms with van der Waals surface area (Å²) in [6.07, 6.45) is 9.90. The van der Waals surface area contributed by atoms with Gasteiger partial charge in [-0.2, -0.15) is 0 Å². The second kappa shape index (κ2) is 9.35. The Morgan fingerprint density at radius 1 is 1.26 bits per heavy atom. The Morgan fingerprint density at radius 3 is 2.74 bits per heavy atom. The molecule has 1 rings (SSSR count). The minimum atomic E-state index is -0.0535. The minimum Gasteiger partial charge on any atom is -0.355 e. The van der Waals surface area contributed by atoms with Crippen molar-refractivity contribution < 1.29 is 4.79 Å². The van der Waals surface area contributed by atoms with Gasteiger partial charge in [0.05, 0.1) is 6.04 Å². The van der Waals surface area contributed by atoms with E-state index in [2.05, 4.69) is 24.5 Å². The van der Waals surface area contributed by atoms with Crippen molar-refractivity contribution in [1.82, 2.24) is 10.6 Å². The SMILES string of the molecule is CCCCCNC(=O)C(C)NC1CCCC(CC)C1. The molecule has 19 heavy (non-hydrogen) atoms. The Labute approximate surface area is 118 Å². The molecule has 0 radical (unpaired) electrons. The van der Waals surface area contributed by atoms with Crippen LogP contribution in [0.2, 0.25) is 0 Å². The van der Waals surface area contributed by atoms with E-state index in [-0.39, 0.29) is 11.9 Å². The van der Waals surface area contributed by atoms with Crippen LogP contribution in [0.15, 0.2) is 0 Å². The van der Waals surface area contributed by atoms with Gasteiger partial charge in [-0.3, -0.25) is 4.79 Å². The Kier molecular flexibility index (Phi) is 8.11. The van der Waals surface area contributed by atoms with Gasteiger partial charge in [0.25, 0.3) is 0 Å². The molecule has 0 heterocycles. The van der Waals surface area contributed by atoms with E-state index < -0.39 is 0 Å². The number of carbonyl (C=O) groups excluding carboxylic acids is 1. The fraction of sp³-hybridized carbons (Fsp3) is 0.938. The Balaban J connectivity index is 2.21. The third-order valence-corrected chi connectivity index (χ3v) is 4.32. The molecule has 1 saturated carbocycles. The average Bonchev–Trinajstić information content (AvgIpc) is 2.43. The van der Waals surface area contributed by atoms with Crippen LogP contribution in [0.5, 0.6) is 0 Å². The van der Waals surface area contributed by atoms with Gasteiger partial charge in [-0.05, 0) is 32.1 Å². The standard InChI is InChI=1S/C16H32N2O/c1-4-6-7-11-17-16(19)13(3)18-15-10-8-9-14(5-2)12-15/h13-15,18H,4-12H2,1-3H3,(H,17,19). The van der Waals surface area contributed by atoms with E-state index in [4.69, 9.17) is 0 Å². The van der Waals surface area contributed by atoms with Crippen LogP contribution < -0.4 is 10.6 Å². The molecular weight excluding hydrogens is 236 g/mol. The second-order valence-corrected chi connectivity index (χ2v) is 6.02. The van der Waals surface area contributed by atoms with Gasteiger partial charge in [-0.1, -0.05) is 46.0 Å². The largest absolute Gasteiger partial charge is 0.355 e. The van der Waals surface area contributed by atoms with E-state index in [0.717, 1.165) is 18.9 Å². The first-order valence-corrected chi connectivity index (χ1v) is 8.21. The molecule has 3 heteroatoms. The summed E-state index contributed by atoms with van der Waals surface area (Å²) in [7, 11) is 0. The van der Waals surface area contributed by atoms with Crippen molar-refractivity contribution in [2.45, 2.75) is 84.2 Å². The first kappa shape index (κ1) is 16.5. The van der Waals surface area contributed by atoms with Crippen LogP contribution in [-0.2, 0) is 4.79 Å². The van der Waals surface area contributed by atoms with Crippen LogP contribution >= 0.6 is 0 Å². The zero-order valence-corrected chi connectivity index (χ0v) is 13.0. The van der Waals surface area contributed by atoms with Crippen molar-refractivity contribution in [3.05, 3.63) is 0 Å². The number of carbonyl (C=O) groups is 1. The summed E-state index contributed by atoms with van der Waals surface area (Å²) in [4.78, 5) is 12.0. The maximum Gasteiger partial charge on any atom is 0.236 e. The highest BCUT2D eigenvalue weighted by Crippen LogP contribution is 2.26. The average molecular weight is 268 g/mol. The van der Waals surface area contributed by atoms with Crippen LogP contribution in [-0.4, -0.2) is 24.5 Å². The molecule has 3 nitrogen and oxygen atoms in total. The maximum absolute atomic E-state index is 12.0. The Bertz CT molecular complexity index is 255. The molecule has 0 aromatic carbocycles. The molecule has 112 valence electrons. The van der Waals surface area contributed by atoms with Gasteiger partial charge in [-0.15, -0.1) is 0 Å². The van der Waals surface area contributed by atoms with Gasteiger partial charge in [0.1, 0.15) is 0 Å². The molecule has 0 bridgehead atoms. The monoisotopic (exact) mass is 268 g/mol. The predicted molar refractivity (Wildman–Crippen MR) is 81.2 cm³/mol. The number of nitrogens with one attached hydrogen (secondary N) is 2. The van der Waals surface area contributed by atoms with Crippen LogP contribution in [0.3, 0.4) is 0 Å². The molecule has 0 aromatic rings. The first-order chi connectivity index (χ1) is 9.17. The molecule has 0 aliphatic heterocycles. The van der Waals surface area contributed by atoms with Crippen molar-refractivity contribution in [3.63, 3.8) is 0 Å². The van der Waals surface area contributed by atoms with Gasteiger partial charge >= 0.3 is 0 Å². The summed E-state index contributed by atoms with van der Waals surface area (Å²) < 4.78 is 0. The highest BCUT2D eigenvalue weighted by atomic mass is 16.2. The first-order valence-electron chi connectivity index (χ1n) is 8.21. The third kappa shape index (κ3) is 6.42. The molecule has 1 amide bonds. The predicted octanol–water partition coefficient (Wildman–Crippen LogP) is 3.24. The Hall–Kier alpha value is -0.570. The van der Waals surface area contributed by atoms with Gasteiger partial charge < -0.3 is 10.6 Å². The summed E-state index contributed by atoms with van der Waals surface area (Å²) in [6, 6.07) is 0.484. The summed E-state index contributed by atoms with van der Waals surface area (Å²) in [6.45, 7) is 7.27. The fourth-order valence-corrected chi connectivity index (χ4v) is 2.98. The lowest BCUT2D eigenvalue weighted by Gasteiger charge is -2.31. The molecule has 0 spiro atoms. The minimum absolute atomic E-state index is 0.0535. The molecule has 2 N–H and O–H groups in total. The molecule has 0 aromatic heterocycles. The molecule has 1 fully saturated rings. The zero-order valence-electron chi connectivity index (χ0n) is 13.0. The number of unbranched alkanes of at least 4 members (excludes halogenated alkanes) is 2. The summed E-state index contributed by atoms with van der Waals surface area (Å²) in [5.74, 6) is 1.01. The number of hydrogen-bond acceptors (Lipinski definition) is 2. The molecule has 3 atom stereocenters. The number of hydrogen-bond donors (Lipinski definition) is 2. The summed E-state index contributed by atoms with van der Waals surface area (Å²) in [5, 5.41) is 6.54. The lowest BCUT2D eigenvalue weighted by Crippen LogP contribution is -2.48. The van der Waals surface area contributed by atoms with E-state index in [1.807, 2.05) is 6.92 Å². The van der Waals surface area contributed by atoms with E-state index in [9.17, 15) is 4.79 Å². The fourth-order valence-electron chi connectivity index (χ4n) is 2.98. The van der Waals surface area contributed by atoms with Crippen molar-refractivity contribution in [2.24, 2.45) is 5.92 Å². The van der Waals surface area contributed by atoms with Gasteiger partial charge in [-0.25, -0.2) is 0 Å². The van der Waals surface area contributed by atoms with Crippen LogP contribution in [0.1, 0.15) is 72.1 Å². The van der Waals surface area contributed by atoms with Crippen LogP contribution in [0.25, 0.3) is 0 Å². The van der Waals surface area contributed by atoms with Crippen LogP contribution in [0, 0.1) is 5.92 Å².